The second-order valence-electron chi connectivity index (χ2n) is 3.34. The Morgan fingerprint density at radius 2 is 2.00 bits per heavy atom. The molecule has 2 aromatic rings. The van der Waals surface area contributed by atoms with Crippen LogP contribution >= 0.6 is 15.9 Å². The lowest BCUT2D eigenvalue weighted by atomic mass is 10.2. The number of nitrogens with two attached hydrogens (primary N) is 1. The molecule has 0 fully saturated rings. The first-order chi connectivity index (χ1) is 8.06. The van der Waals surface area contributed by atoms with Crippen molar-refractivity contribution in [2.75, 3.05) is 11.1 Å². The number of benzene rings is 1. The van der Waals surface area contributed by atoms with Gasteiger partial charge in [-0.25, -0.2) is 13.8 Å². The quantitative estimate of drug-likeness (QED) is 0.893. The Morgan fingerprint density at radius 1 is 1.24 bits per heavy atom. The van der Waals surface area contributed by atoms with Gasteiger partial charge in [0.1, 0.15) is 11.6 Å². The molecule has 1 aromatic carbocycles. The third kappa shape index (κ3) is 2.71. The molecule has 0 atom stereocenters. The number of halogens is 3. The van der Waals surface area contributed by atoms with Gasteiger partial charge >= 0.3 is 0 Å². The Morgan fingerprint density at radius 3 is 2.65 bits per heavy atom. The Labute approximate surface area is 105 Å². The molecule has 0 saturated heterocycles. The number of nitrogen functional groups attached to an aromatic ring is 1. The molecule has 0 radical (unpaired) electrons. The molecular weight excluding hydrogens is 292 g/mol. The maximum atomic E-state index is 13.5. The van der Waals surface area contributed by atoms with E-state index in [4.69, 9.17) is 5.73 Å². The minimum absolute atomic E-state index is 0.150. The van der Waals surface area contributed by atoms with Crippen molar-refractivity contribution in [2.24, 2.45) is 0 Å². The Kier molecular flexibility index (Phi) is 3.23. The summed E-state index contributed by atoms with van der Waals surface area (Å²) >= 11 is 3.08. The van der Waals surface area contributed by atoms with Gasteiger partial charge in [0.25, 0.3) is 0 Å². The van der Waals surface area contributed by atoms with E-state index in [0.29, 0.717) is 16.0 Å². The first kappa shape index (κ1) is 11.8. The third-order valence-electron chi connectivity index (χ3n) is 2.06. The van der Waals surface area contributed by atoms with Gasteiger partial charge in [0.15, 0.2) is 5.82 Å². The number of rotatable bonds is 2. The molecule has 17 heavy (non-hydrogen) atoms. The zero-order chi connectivity index (χ0) is 12.4. The van der Waals surface area contributed by atoms with Crippen LogP contribution in [-0.2, 0) is 0 Å². The van der Waals surface area contributed by atoms with Gasteiger partial charge in [0, 0.05) is 28.5 Å². The topological polar surface area (TPSA) is 50.9 Å². The summed E-state index contributed by atoms with van der Waals surface area (Å²) in [5.74, 6) is -1.02. The number of anilines is 3. The summed E-state index contributed by atoms with van der Waals surface area (Å²) < 4.78 is 26.7. The first-order valence-corrected chi connectivity index (χ1v) is 5.48. The van der Waals surface area contributed by atoms with Crippen molar-refractivity contribution in [3.8, 4) is 0 Å². The molecule has 1 aromatic heterocycles. The molecular formula is C11H8BrF2N3. The average molecular weight is 300 g/mol. The molecule has 0 aliphatic heterocycles. The van der Waals surface area contributed by atoms with Gasteiger partial charge in [-0.05, 0) is 28.1 Å². The molecule has 0 aliphatic carbocycles. The fraction of sp³-hybridized carbons (Fsp3) is 0. The molecule has 0 amide bonds. The molecule has 0 aliphatic rings. The van der Waals surface area contributed by atoms with E-state index >= 15 is 0 Å². The van der Waals surface area contributed by atoms with Crippen LogP contribution in [0.3, 0.4) is 0 Å². The highest BCUT2D eigenvalue weighted by molar-refractivity contribution is 9.10. The molecule has 3 nitrogen and oxygen atoms in total. The summed E-state index contributed by atoms with van der Waals surface area (Å²) in [4.78, 5) is 3.81. The second-order valence-corrected chi connectivity index (χ2v) is 4.19. The van der Waals surface area contributed by atoms with Crippen LogP contribution < -0.4 is 11.1 Å². The van der Waals surface area contributed by atoms with Gasteiger partial charge in [0.2, 0.25) is 0 Å². The molecule has 0 bridgehead atoms. The summed E-state index contributed by atoms with van der Waals surface area (Å²) in [6, 6.07) is 5.16. The van der Waals surface area contributed by atoms with Crippen LogP contribution in [0, 0.1) is 11.6 Å². The van der Waals surface area contributed by atoms with Crippen LogP contribution in [-0.4, -0.2) is 4.98 Å². The van der Waals surface area contributed by atoms with Crippen molar-refractivity contribution in [2.45, 2.75) is 0 Å². The zero-order valence-electron chi connectivity index (χ0n) is 8.55. The summed E-state index contributed by atoms with van der Waals surface area (Å²) in [5.41, 5.74) is 6.22. The number of hydrogen-bond acceptors (Lipinski definition) is 3. The summed E-state index contributed by atoms with van der Waals surface area (Å²) in [5, 5.41) is 2.80. The van der Waals surface area contributed by atoms with E-state index in [9.17, 15) is 8.78 Å². The average Bonchev–Trinajstić information content (AvgIpc) is 2.23. The van der Waals surface area contributed by atoms with Crippen LogP contribution in [0.1, 0.15) is 0 Å². The van der Waals surface area contributed by atoms with Crippen LogP contribution in [0.2, 0.25) is 0 Å². The number of nitrogens with zero attached hydrogens (tertiary/aromatic N) is 1. The number of pyridine rings is 1. The van der Waals surface area contributed by atoms with Gasteiger partial charge in [-0.1, -0.05) is 0 Å². The number of aromatic nitrogens is 1. The van der Waals surface area contributed by atoms with Gasteiger partial charge in [-0.2, -0.15) is 0 Å². The standard InChI is InChI=1S/C11H8BrF2N3/c12-8-3-6(13)4-9(14)11(8)17-7-1-2-16-10(15)5-7/h1-5H,(H3,15,16,17). The predicted octanol–water partition coefficient (Wildman–Crippen LogP) is 3.45. The SMILES string of the molecule is Nc1cc(Nc2c(F)cc(F)cc2Br)ccn1. The lowest BCUT2D eigenvalue weighted by molar-refractivity contribution is 0.584. The van der Waals surface area contributed by atoms with Crippen LogP contribution in [0.5, 0.6) is 0 Å². The fourth-order valence-corrected chi connectivity index (χ4v) is 1.84. The predicted molar refractivity (Wildman–Crippen MR) is 66.0 cm³/mol. The molecule has 0 unspecified atom stereocenters. The Bertz CT molecular complexity index is 537. The highest BCUT2D eigenvalue weighted by Crippen LogP contribution is 2.29. The van der Waals surface area contributed by atoms with Crippen LogP contribution in [0.4, 0.5) is 26.0 Å². The van der Waals surface area contributed by atoms with Gasteiger partial charge in [-0.15, -0.1) is 0 Å². The molecule has 0 saturated carbocycles. The summed E-state index contributed by atoms with van der Waals surface area (Å²) in [6.45, 7) is 0. The number of hydrogen-bond donors (Lipinski definition) is 2. The van der Waals surface area contributed by atoms with E-state index < -0.39 is 11.6 Å². The fourth-order valence-electron chi connectivity index (χ4n) is 1.33. The van der Waals surface area contributed by atoms with E-state index in [1.807, 2.05) is 0 Å². The first-order valence-electron chi connectivity index (χ1n) is 4.69. The highest BCUT2D eigenvalue weighted by Gasteiger charge is 2.09. The van der Waals surface area contributed by atoms with E-state index in [-0.39, 0.29) is 5.69 Å². The van der Waals surface area contributed by atoms with Gasteiger partial charge in [0.05, 0.1) is 5.69 Å². The van der Waals surface area contributed by atoms with E-state index in [2.05, 4.69) is 26.2 Å². The molecule has 3 N–H and O–H groups in total. The Hall–Kier alpha value is -1.69. The van der Waals surface area contributed by atoms with E-state index in [1.54, 1.807) is 12.1 Å². The monoisotopic (exact) mass is 299 g/mol. The summed E-state index contributed by atoms with van der Waals surface area (Å²) in [7, 11) is 0. The van der Waals surface area contributed by atoms with Gasteiger partial charge < -0.3 is 11.1 Å². The van der Waals surface area contributed by atoms with Crippen molar-refractivity contribution >= 4 is 33.1 Å². The minimum Gasteiger partial charge on any atom is -0.384 e. The maximum absolute atomic E-state index is 13.5. The molecule has 6 heteroatoms. The Balaban J connectivity index is 2.36. The van der Waals surface area contributed by atoms with Crippen molar-refractivity contribution < 1.29 is 8.78 Å². The number of nitrogens with one attached hydrogen (secondary N) is 1. The maximum Gasteiger partial charge on any atom is 0.150 e. The summed E-state index contributed by atoms with van der Waals surface area (Å²) in [6.07, 6.45) is 1.49. The van der Waals surface area contributed by atoms with Crippen LogP contribution in [0.25, 0.3) is 0 Å². The largest absolute Gasteiger partial charge is 0.384 e. The lowest BCUT2D eigenvalue weighted by Gasteiger charge is -2.10. The van der Waals surface area contributed by atoms with Crippen molar-refractivity contribution in [3.05, 3.63) is 46.6 Å². The highest BCUT2D eigenvalue weighted by atomic mass is 79.9. The third-order valence-corrected chi connectivity index (χ3v) is 2.68. The normalized spacial score (nSPS) is 10.3. The van der Waals surface area contributed by atoms with Crippen molar-refractivity contribution in [1.29, 1.82) is 0 Å². The minimum atomic E-state index is -0.688. The second kappa shape index (κ2) is 4.67. The molecule has 0 spiro atoms. The van der Waals surface area contributed by atoms with Crippen molar-refractivity contribution in [1.82, 2.24) is 4.98 Å². The lowest BCUT2D eigenvalue weighted by Crippen LogP contribution is -1.98. The molecule has 88 valence electrons. The smallest absolute Gasteiger partial charge is 0.150 e. The van der Waals surface area contributed by atoms with Crippen LogP contribution in [0.15, 0.2) is 34.9 Å². The molecule has 1 heterocycles. The van der Waals surface area contributed by atoms with E-state index in [1.165, 1.54) is 12.3 Å². The van der Waals surface area contributed by atoms with Crippen molar-refractivity contribution in [3.63, 3.8) is 0 Å². The molecule has 2 rings (SSSR count). The van der Waals surface area contributed by atoms with Gasteiger partial charge in [-0.3, -0.25) is 0 Å². The van der Waals surface area contributed by atoms with E-state index in [0.717, 1.165) is 6.07 Å². The zero-order valence-corrected chi connectivity index (χ0v) is 10.1.